The Morgan fingerprint density at radius 2 is 2.25 bits per heavy atom. The molecule has 0 radical (unpaired) electrons. The normalized spacial score (nSPS) is 45.0. The van der Waals surface area contributed by atoms with E-state index in [1.165, 1.54) is 0 Å². The number of hydrogen-bond donors (Lipinski definition) is 1. The molecule has 16 heavy (non-hydrogen) atoms. The van der Waals surface area contributed by atoms with Gasteiger partial charge in [0.15, 0.2) is 0 Å². The quantitative estimate of drug-likeness (QED) is 0.582. The third-order valence-corrected chi connectivity index (χ3v) is 5.01. The first-order valence-corrected chi connectivity index (χ1v) is 5.75. The molecule has 0 aliphatic heterocycles. The first-order valence-electron chi connectivity index (χ1n) is 5.75. The summed E-state index contributed by atoms with van der Waals surface area (Å²) in [5, 5.41) is 9.39. The summed E-state index contributed by atoms with van der Waals surface area (Å²) < 4.78 is 5.53. The molecule has 1 N–H and O–H groups in total. The van der Waals surface area contributed by atoms with Crippen molar-refractivity contribution < 1.29 is 14.6 Å². The number of aliphatic hydroxyl groups is 1. The molecule has 0 spiro atoms. The highest BCUT2D eigenvalue weighted by atomic mass is 16.5. The second-order valence-corrected chi connectivity index (χ2v) is 5.64. The van der Waals surface area contributed by atoms with Crippen LogP contribution in [0.5, 0.6) is 0 Å². The van der Waals surface area contributed by atoms with Crippen molar-refractivity contribution in [2.75, 3.05) is 13.7 Å². The molecule has 2 aliphatic rings. The zero-order chi connectivity index (χ0) is 12.1. The van der Waals surface area contributed by atoms with Crippen molar-refractivity contribution in [1.82, 2.24) is 0 Å². The summed E-state index contributed by atoms with van der Waals surface area (Å²) in [7, 11) is 1.64. The van der Waals surface area contributed by atoms with Crippen LogP contribution in [-0.2, 0) is 9.53 Å². The maximum atomic E-state index is 11.6. The maximum Gasteiger partial charge on any atom is 0.129 e. The highest BCUT2D eigenvalue weighted by Gasteiger charge is 2.69. The molecule has 0 aromatic heterocycles. The van der Waals surface area contributed by atoms with Crippen molar-refractivity contribution in [3.63, 3.8) is 0 Å². The van der Waals surface area contributed by atoms with Crippen molar-refractivity contribution in [3.05, 3.63) is 12.2 Å². The van der Waals surface area contributed by atoms with Gasteiger partial charge < -0.3 is 14.6 Å². The van der Waals surface area contributed by atoms with Gasteiger partial charge in [-0.1, -0.05) is 26.0 Å². The molecule has 0 amide bonds. The van der Waals surface area contributed by atoms with Crippen molar-refractivity contribution in [3.8, 4) is 0 Å². The molecular formula is C13H20O3. The highest BCUT2D eigenvalue weighted by molar-refractivity contribution is 5.68. The van der Waals surface area contributed by atoms with E-state index in [2.05, 4.69) is 20.4 Å². The second kappa shape index (κ2) is 3.41. The first-order chi connectivity index (χ1) is 7.46. The zero-order valence-corrected chi connectivity index (χ0v) is 10.2. The van der Waals surface area contributed by atoms with Gasteiger partial charge in [-0.2, -0.15) is 0 Å². The molecule has 2 fully saturated rings. The van der Waals surface area contributed by atoms with Crippen LogP contribution in [0.25, 0.3) is 0 Å². The van der Waals surface area contributed by atoms with Gasteiger partial charge in [-0.3, -0.25) is 0 Å². The van der Waals surface area contributed by atoms with Crippen LogP contribution in [0, 0.1) is 22.7 Å². The first kappa shape index (κ1) is 11.8. The Hall–Kier alpha value is -0.670. The van der Waals surface area contributed by atoms with Crippen molar-refractivity contribution >= 4 is 6.29 Å². The van der Waals surface area contributed by atoms with Crippen LogP contribution in [0.2, 0.25) is 0 Å². The van der Waals surface area contributed by atoms with E-state index in [0.717, 1.165) is 11.9 Å². The Morgan fingerprint density at radius 1 is 1.62 bits per heavy atom. The topological polar surface area (TPSA) is 46.5 Å². The third-order valence-electron chi connectivity index (χ3n) is 5.01. The number of carbonyl (C=O) groups excluding carboxylic acids is 1. The van der Waals surface area contributed by atoms with E-state index in [4.69, 9.17) is 4.74 Å². The van der Waals surface area contributed by atoms with E-state index in [1.807, 2.05) is 0 Å². The van der Waals surface area contributed by atoms with Gasteiger partial charge in [0, 0.05) is 25.0 Å². The molecule has 0 unspecified atom stereocenters. The molecule has 2 bridgehead atoms. The second-order valence-electron chi connectivity index (χ2n) is 5.64. The Bertz CT molecular complexity index is 334. The van der Waals surface area contributed by atoms with Crippen LogP contribution in [0.3, 0.4) is 0 Å². The van der Waals surface area contributed by atoms with Gasteiger partial charge in [0.05, 0.1) is 11.5 Å². The van der Waals surface area contributed by atoms with Gasteiger partial charge in [-0.25, -0.2) is 0 Å². The van der Waals surface area contributed by atoms with Gasteiger partial charge >= 0.3 is 0 Å². The van der Waals surface area contributed by atoms with Gasteiger partial charge in [0.1, 0.15) is 6.29 Å². The van der Waals surface area contributed by atoms with Crippen LogP contribution in [-0.4, -0.2) is 31.2 Å². The van der Waals surface area contributed by atoms with Crippen LogP contribution in [0.4, 0.5) is 0 Å². The molecule has 0 aromatic carbocycles. The monoisotopic (exact) mass is 224 g/mol. The average molecular weight is 224 g/mol. The van der Waals surface area contributed by atoms with Crippen molar-refractivity contribution in [2.24, 2.45) is 22.7 Å². The van der Waals surface area contributed by atoms with Gasteiger partial charge in [0.2, 0.25) is 0 Å². The number of aliphatic hydroxyl groups excluding tert-OH is 1. The number of methoxy groups -OCH3 is 1. The zero-order valence-electron chi connectivity index (χ0n) is 10.2. The molecule has 3 heteroatoms. The van der Waals surface area contributed by atoms with Gasteiger partial charge in [-0.15, -0.1) is 0 Å². The Balaban J connectivity index is 2.52. The Kier molecular flexibility index (Phi) is 2.52. The Morgan fingerprint density at radius 3 is 2.62 bits per heavy atom. The summed E-state index contributed by atoms with van der Waals surface area (Å²) in [5.74, 6) is 0.242. The molecule has 0 heterocycles. The lowest BCUT2D eigenvalue weighted by Gasteiger charge is -2.41. The molecule has 3 nitrogen and oxygen atoms in total. The largest absolute Gasteiger partial charge is 0.396 e. The highest BCUT2D eigenvalue weighted by Crippen LogP contribution is 2.68. The summed E-state index contributed by atoms with van der Waals surface area (Å²) in [6, 6.07) is 0. The number of hydrogen-bond acceptors (Lipinski definition) is 3. The summed E-state index contributed by atoms with van der Waals surface area (Å²) in [5.41, 5.74) is 0.319. The molecule has 2 rings (SSSR count). The average Bonchev–Trinajstić information content (AvgIpc) is 2.68. The number of rotatable bonds is 3. The Labute approximate surface area is 96.5 Å². The molecule has 2 aliphatic carbocycles. The minimum Gasteiger partial charge on any atom is -0.396 e. The van der Waals surface area contributed by atoms with Crippen LogP contribution >= 0.6 is 0 Å². The predicted molar refractivity (Wildman–Crippen MR) is 60.9 cm³/mol. The van der Waals surface area contributed by atoms with Crippen LogP contribution < -0.4 is 0 Å². The minimum atomic E-state index is -0.503. The van der Waals surface area contributed by atoms with Crippen LogP contribution in [0.1, 0.15) is 20.3 Å². The van der Waals surface area contributed by atoms with Crippen LogP contribution in [0.15, 0.2) is 12.2 Å². The van der Waals surface area contributed by atoms with E-state index in [9.17, 15) is 9.90 Å². The maximum absolute atomic E-state index is 11.6. The van der Waals surface area contributed by atoms with E-state index in [0.29, 0.717) is 6.42 Å². The van der Waals surface area contributed by atoms with E-state index in [-0.39, 0.29) is 30.0 Å². The summed E-state index contributed by atoms with van der Waals surface area (Å²) in [4.78, 5) is 11.6. The van der Waals surface area contributed by atoms with E-state index < -0.39 is 5.41 Å². The molecule has 2 saturated carbocycles. The molecular weight excluding hydrogens is 204 g/mol. The number of carbonyl (C=O) groups is 1. The fourth-order valence-corrected chi connectivity index (χ4v) is 3.84. The number of fused-ring (bicyclic) bond motifs is 2. The molecule has 0 aromatic rings. The molecule has 0 saturated heterocycles. The van der Waals surface area contributed by atoms with Gasteiger partial charge in [-0.05, 0) is 12.3 Å². The molecule has 4 atom stereocenters. The number of aldehydes is 1. The third kappa shape index (κ3) is 1.03. The minimum absolute atomic E-state index is 0.106. The van der Waals surface area contributed by atoms with E-state index >= 15 is 0 Å². The lowest BCUT2D eigenvalue weighted by Crippen LogP contribution is -2.42. The lowest BCUT2D eigenvalue weighted by molar-refractivity contribution is -0.127. The fraction of sp³-hybridized carbons (Fsp3) is 0.769. The lowest BCUT2D eigenvalue weighted by atomic mass is 9.61. The SMILES string of the molecule is C=C1[C@H]2[C@@H](CO)C[C@](C=O)([C@@H]2OC)C1(C)C. The van der Waals surface area contributed by atoms with Crippen molar-refractivity contribution in [2.45, 2.75) is 26.4 Å². The summed E-state index contributed by atoms with van der Waals surface area (Å²) in [6.07, 6.45) is 1.62. The standard InChI is InChI=1S/C13H20O3/c1-8-10-9(6-14)5-13(7-15,11(10)16-4)12(8,2)3/h7,9-11,14H,1,5-6H2,2-4H3/t9-,10+,11-,13+/m1/s1. The predicted octanol–water partition coefficient (Wildman–Crippen LogP) is 1.41. The summed E-state index contributed by atoms with van der Waals surface area (Å²) in [6.45, 7) is 8.35. The van der Waals surface area contributed by atoms with Crippen molar-refractivity contribution in [1.29, 1.82) is 0 Å². The van der Waals surface area contributed by atoms with Gasteiger partial charge in [0.25, 0.3) is 0 Å². The number of ether oxygens (including phenoxy) is 1. The fourth-order valence-electron chi connectivity index (χ4n) is 3.84. The smallest absolute Gasteiger partial charge is 0.129 e. The molecule has 90 valence electrons. The summed E-state index contributed by atoms with van der Waals surface area (Å²) >= 11 is 0. The van der Waals surface area contributed by atoms with E-state index in [1.54, 1.807) is 7.11 Å².